The van der Waals surface area contributed by atoms with Crippen LogP contribution in [0.3, 0.4) is 0 Å². The molecule has 0 aromatic rings. The second kappa shape index (κ2) is 9.37. The molecular formula is C17H30N2O2. The summed E-state index contributed by atoms with van der Waals surface area (Å²) in [6.45, 7) is 16.2. The highest BCUT2D eigenvalue weighted by atomic mass is 16.2. The minimum Gasteiger partial charge on any atom is -0.353 e. The molecule has 0 aliphatic rings. The Morgan fingerprint density at radius 1 is 1.10 bits per heavy atom. The van der Waals surface area contributed by atoms with Crippen molar-refractivity contribution >= 4 is 11.8 Å². The summed E-state index contributed by atoms with van der Waals surface area (Å²) in [6.07, 6.45) is 5.49. The molecule has 0 radical (unpaired) electrons. The Hall–Kier alpha value is -1.58. The average Bonchev–Trinajstić information content (AvgIpc) is 2.36. The van der Waals surface area contributed by atoms with Crippen molar-refractivity contribution in [1.29, 1.82) is 0 Å². The van der Waals surface area contributed by atoms with E-state index in [1.165, 1.54) is 12.2 Å². The number of hydrogen-bond donors (Lipinski definition) is 2. The summed E-state index contributed by atoms with van der Waals surface area (Å²) in [6, 6.07) is 0.123. The van der Waals surface area contributed by atoms with Crippen LogP contribution in [0.5, 0.6) is 0 Å². The van der Waals surface area contributed by atoms with Gasteiger partial charge in [-0.25, -0.2) is 0 Å². The van der Waals surface area contributed by atoms with Gasteiger partial charge >= 0.3 is 0 Å². The summed E-state index contributed by atoms with van der Waals surface area (Å²) in [5.41, 5.74) is 0.135. The fourth-order valence-corrected chi connectivity index (χ4v) is 2.82. The number of carbonyl (C=O) groups excluding carboxylic acids is 2. The van der Waals surface area contributed by atoms with Gasteiger partial charge in [-0.3, -0.25) is 9.59 Å². The summed E-state index contributed by atoms with van der Waals surface area (Å²) in [7, 11) is 0. The van der Waals surface area contributed by atoms with E-state index in [4.69, 9.17) is 0 Å². The molecule has 2 amide bonds. The molecule has 0 spiro atoms. The van der Waals surface area contributed by atoms with Crippen LogP contribution in [0, 0.1) is 11.3 Å². The van der Waals surface area contributed by atoms with Gasteiger partial charge in [0.05, 0.1) is 0 Å². The first-order valence-corrected chi connectivity index (χ1v) is 7.53. The monoisotopic (exact) mass is 294 g/mol. The molecule has 0 fully saturated rings. The molecule has 120 valence electrons. The standard InChI is InChI=1S/C17H30N2O2/c1-7-15(20)18-10-9-13(3)11-17(5,6)12-14(4)19-16(21)8-2/h7-8,13-14H,1-2,9-12H2,3-6H3,(H,18,20)(H,19,21)/t13?,14-/m1/s1. The molecule has 2 N–H and O–H groups in total. The van der Waals surface area contributed by atoms with Gasteiger partial charge in [0.15, 0.2) is 0 Å². The van der Waals surface area contributed by atoms with Crippen LogP contribution in [-0.2, 0) is 9.59 Å². The van der Waals surface area contributed by atoms with E-state index >= 15 is 0 Å². The molecule has 4 nitrogen and oxygen atoms in total. The minimum absolute atomic E-state index is 0.123. The van der Waals surface area contributed by atoms with Crippen molar-refractivity contribution in [3.8, 4) is 0 Å². The zero-order valence-corrected chi connectivity index (χ0v) is 13.9. The maximum Gasteiger partial charge on any atom is 0.243 e. The molecule has 2 atom stereocenters. The normalized spacial score (nSPS) is 13.9. The summed E-state index contributed by atoms with van der Waals surface area (Å²) < 4.78 is 0. The number of rotatable bonds is 10. The van der Waals surface area contributed by atoms with E-state index in [0.29, 0.717) is 12.5 Å². The summed E-state index contributed by atoms with van der Waals surface area (Å²) in [5.74, 6) is 0.258. The van der Waals surface area contributed by atoms with Gasteiger partial charge in [0.25, 0.3) is 0 Å². The third-order valence-corrected chi connectivity index (χ3v) is 3.46. The largest absolute Gasteiger partial charge is 0.353 e. The molecule has 0 aromatic heterocycles. The van der Waals surface area contributed by atoms with Crippen LogP contribution < -0.4 is 10.6 Å². The van der Waals surface area contributed by atoms with Crippen LogP contribution in [0.1, 0.15) is 47.0 Å². The fourth-order valence-electron chi connectivity index (χ4n) is 2.82. The Bertz CT molecular complexity index is 375. The van der Waals surface area contributed by atoms with Gasteiger partial charge < -0.3 is 10.6 Å². The quantitative estimate of drug-likeness (QED) is 0.609. The molecule has 0 saturated heterocycles. The molecule has 1 unspecified atom stereocenters. The molecule has 0 aliphatic carbocycles. The predicted octanol–water partition coefficient (Wildman–Crippen LogP) is 2.81. The number of carbonyl (C=O) groups is 2. The van der Waals surface area contributed by atoms with E-state index in [-0.39, 0.29) is 23.3 Å². The molecule has 0 aliphatic heterocycles. The first-order chi connectivity index (χ1) is 9.70. The second-order valence-electron chi connectivity index (χ2n) is 6.58. The lowest BCUT2D eigenvalue weighted by molar-refractivity contribution is -0.117. The molecule has 0 bridgehead atoms. The number of amides is 2. The average molecular weight is 294 g/mol. The van der Waals surface area contributed by atoms with Crippen LogP contribution in [0.25, 0.3) is 0 Å². The van der Waals surface area contributed by atoms with Gasteiger partial charge in [-0.15, -0.1) is 0 Å². The fraction of sp³-hybridized carbons (Fsp3) is 0.647. The topological polar surface area (TPSA) is 58.2 Å². The third kappa shape index (κ3) is 9.88. The van der Waals surface area contributed by atoms with Gasteiger partial charge in [0.1, 0.15) is 0 Å². The van der Waals surface area contributed by atoms with Crippen molar-refractivity contribution in [2.75, 3.05) is 6.54 Å². The van der Waals surface area contributed by atoms with Crippen LogP contribution in [-0.4, -0.2) is 24.4 Å². The van der Waals surface area contributed by atoms with E-state index in [1.54, 1.807) is 0 Å². The molecule has 0 saturated carbocycles. The first kappa shape index (κ1) is 19.4. The Labute approximate surface area is 129 Å². The number of hydrogen-bond acceptors (Lipinski definition) is 2. The highest BCUT2D eigenvalue weighted by molar-refractivity contribution is 5.87. The smallest absolute Gasteiger partial charge is 0.243 e. The van der Waals surface area contributed by atoms with E-state index in [1.807, 2.05) is 6.92 Å². The first-order valence-electron chi connectivity index (χ1n) is 7.53. The van der Waals surface area contributed by atoms with Crippen molar-refractivity contribution in [2.45, 2.75) is 53.0 Å². The lowest BCUT2D eigenvalue weighted by Crippen LogP contribution is -2.35. The van der Waals surface area contributed by atoms with Crippen LogP contribution in [0.4, 0.5) is 0 Å². The van der Waals surface area contributed by atoms with Crippen molar-refractivity contribution in [2.24, 2.45) is 11.3 Å². The Kier molecular flexibility index (Phi) is 8.67. The van der Waals surface area contributed by atoms with Crippen LogP contribution in [0.15, 0.2) is 25.3 Å². The zero-order valence-electron chi connectivity index (χ0n) is 13.9. The minimum atomic E-state index is -0.126. The molecule has 4 heteroatoms. The van der Waals surface area contributed by atoms with E-state index in [9.17, 15) is 9.59 Å². The van der Waals surface area contributed by atoms with Crippen molar-refractivity contribution in [1.82, 2.24) is 10.6 Å². The summed E-state index contributed by atoms with van der Waals surface area (Å²) >= 11 is 0. The van der Waals surface area contributed by atoms with Crippen molar-refractivity contribution in [3.63, 3.8) is 0 Å². The van der Waals surface area contributed by atoms with Gasteiger partial charge in [-0.2, -0.15) is 0 Å². The van der Waals surface area contributed by atoms with Crippen molar-refractivity contribution < 1.29 is 9.59 Å². The predicted molar refractivity (Wildman–Crippen MR) is 87.8 cm³/mol. The second-order valence-corrected chi connectivity index (χ2v) is 6.58. The van der Waals surface area contributed by atoms with Gasteiger partial charge in [0, 0.05) is 12.6 Å². The molecule has 0 aromatic carbocycles. The van der Waals surface area contributed by atoms with Gasteiger partial charge in [-0.1, -0.05) is 33.9 Å². The Morgan fingerprint density at radius 2 is 1.67 bits per heavy atom. The van der Waals surface area contributed by atoms with E-state index in [0.717, 1.165) is 19.3 Å². The third-order valence-electron chi connectivity index (χ3n) is 3.46. The summed E-state index contributed by atoms with van der Waals surface area (Å²) in [5, 5.41) is 5.70. The Balaban J connectivity index is 4.14. The maximum atomic E-state index is 11.3. The lowest BCUT2D eigenvalue weighted by atomic mass is 9.78. The maximum absolute atomic E-state index is 11.3. The van der Waals surface area contributed by atoms with Gasteiger partial charge in [0.2, 0.25) is 11.8 Å². The van der Waals surface area contributed by atoms with Crippen LogP contribution in [0.2, 0.25) is 0 Å². The van der Waals surface area contributed by atoms with Gasteiger partial charge in [-0.05, 0) is 49.7 Å². The highest BCUT2D eigenvalue weighted by Gasteiger charge is 2.24. The Morgan fingerprint density at radius 3 is 2.19 bits per heavy atom. The van der Waals surface area contributed by atoms with E-state index < -0.39 is 0 Å². The van der Waals surface area contributed by atoms with Crippen LogP contribution >= 0.6 is 0 Å². The van der Waals surface area contributed by atoms with Crippen molar-refractivity contribution in [3.05, 3.63) is 25.3 Å². The summed E-state index contributed by atoms with van der Waals surface area (Å²) in [4.78, 5) is 22.4. The molecular weight excluding hydrogens is 264 g/mol. The molecule has 0 rings (SSSR count). The molecule has 0 heterocycles. The number of nitrogens with one attached hydrogen (secondary N) is 2. The highest BCUT2D eigenvalue weighted by Crippen LogP contribution is 2.31. The molecule has 21 heavy (non-hydrogen) atoms. The SMILES string of the molecule is C=CC(=O)NCCC(C)CC(C)(C)C[C@@H](C)NC(=O)C=C. The zero-order chi connectivity index (χ0) is 16.5. The lowest BCUT2D eigenvalue weighted by Gasteiger charge is -2.31. The van der Waals surface area contributed by atoms with E-state index in [2.05, 4.69) is 44.6 Å².